The Morgan fingerprint density at radius 1 is 1.33 bits per heavy atom. The van der Waals surface area contributed by atoms with E-state index in [0.717, 1.165) is 31.4 Å². The third-order valence-electron chi connectivity index (χ3n) is 4.08. The van der Waals surface area contributed by atoms with E-state index in [1.807, 2.05) is 0 Å². The van der Waals surface area contributed by atoms with E-state index < -0.39 is 5.60 Å². The van der Waals surface area contributed by atoms with Crippen LogP contribution in [0.25, 0.3) is 0 Å². The van der Waals surface area contributed by atoms with Gasteiger partial charge < -0.3 is 15.0 Å². The van der Waals surface area contributed by atoms with Crippen LogP contribution in [0.1, 0.15) is 64.4 Å². The summed E-state index contributed by atoms with van der Waals surface area (Å²) in [5.41, 5.74) is 0.238. The van der Waals surface area contributed by atoms with Crippen molar-refractivity contribution in [2.75, 3.05) is 7.11 Å². The van der Waals surface area contributed by atoms with E-state index in [1.54, 1.807) is 13.2 Å². The molecule has 1 fully saturated rings. The van der Waals surface area contributed by atoms with Gasteiger partial charge in [0, 0.05) is 25.3 Å². The summed E-state index contributed by atoms with van der Waals surface area (Å²) >= 11 is 0. The zero-order chi connectivity index (χ0) is 15.5. The van der Waals surface area contributed by atoms with Crippen LogP contribution in [-0.2, 0) is 16.9 Å². The van der Waals surface area contributed by atoms with Crippen LogP contribution in [0.3, 0.4) is 0 Å². The highest BCUT2D eigenvalue weighted by atomic mass is 16.5. The number of nitrogens with one attached hydrogen (secondary N) is 2. The Morgan fingerprint density at radius 2 is 2.00 bits per heavy atom. The molecule has 1 aliphatic carbocycles. The first-order chi connectivity index (χ1) is 9.85. The molecule has 1 aromatic rings. The molecule has 1 heterocycles. The van der Waals surface area contributed by atoms with Crippen molar-refractivity contribution in [3.05, 3.63) is 27.9 Å². The summed E-state index contributed by atoms with van der Waals surface area (Å²) in [5.74, 6) is 0.683. The van der Waals surface area contributed by atoms with Gasteiger partial charge in [-0.2, -0.15) is 0 Å². The predicted octanol–water partition coefficient (Wildman–Crippen LogP) is 2.46. The first kappa shape index (κ1) is 16.2. The van der Waals surface area contributed by atoms with Crippen molar-refractivity contribution in [2.45, 2.75) is 70.6 Å². The lowest BCUT2D eigenvalue weighted by atomic mass is 9.84. The van der Waals surface area contributed by atoms with Gasteiger partial charge in [0.25, 0.3) is 5.56 Å². The van der Waals surface area contributed by atoms with Gasteiger partial charge in [0.15, 0.2) is 0 Å². The van der Waals surface area contributed by atoms with Gasteiger partial charge in [0.1, 0.15) is 11.4 Å². The van der Waals surface area contributed by atoms with Crippen LogP contribution in [0, 0.1) is 0 Å². The Morgan fingerprint density at radius 3 is 2.57 bits per heavy atom. The number of ether oxygens (including phenoxy) is 1. The molecule has 0 aliphatic heterocycles. The van der Waals surface area contributed by atoms with E-state index in [0.29, 0.717) is 12.4 Å². The van der Waals surface area contributed by atoms with Crippen LogP contribution in [0.15, 0.2) is 10.9 Å². The SMILES string of the molecule is COC1(c2nc(CNC(C)(C)C)cc(=O)[nH]2)CCCCC1. The molecule has 0 aromatic carbocycles. The maximum Gasteiger partial charge on any atom is 0.251 e. The van der Waals surface area contributed by atoms with Gasteiger partial charge in [0.05, 0.1) is 5.69 Å². The maximum absolute atomic E-state index is 12.0. The monoisotopic (exact) mass is 293 g/mol. The van der Waals surface area contributed by atoms with E-state index in [2.05, 4.69) is 36.1 Å². The van der Waals surface area contributed by atoms with Crippen molar-refractivity contribution >= 4 is 0 Å². The molecular weight excluding hydrogens is 266 g/mol. The Balaban J connectivity index is 2.27. The first-order valence-corrected chi connectivity index (χ1v) is 7.76. The van der Waals surface area contributed by atoms with Crippen LogP contribution < -0.4 is 10.9 Å². The molecule has 0 bridgehead atoms. The van der Waals surface area contributed by atoms with Crippen LogP contribution in [0.2, 0.25) is 0 Å². The van der Waals surface area contributed by atoms with Gasteiger partial charge in [-0.15, -0.1) is 0 Å². The smallest absolute Gasteiger partial charge is 0.251 e. The molecule has 1 saturated carbocycles. The molecule has 0 unspecified atom stereocenters. The van der Waals surface area contributed by atoms with Crippen LogP contribution >= 0.6 is 0 Å². The summed E-state index contributed by atoms with van der Waals surface area (Å²) in [4.78, 5) is 19.5. The van der Waals surface area contributed by atoms with Crippen LogP contribution in [-0.4, -0.2) is 22.6 Å². The Kier molecular flexibility index (Phi) is 4.84. The highest BCUT2D eigenvalue weighted by Crippen LogP contribution is 2.37. The third kappa shape index (κ3) is 4.14. The van der Waals surface area contributed by atoms with Crippen molar-refractivity contribution in [3.63, 3.8) is 0 Å². The van der Waals surface area contributed by atoms with Crippen molar-refractivity contribution in [2.24, 2.45) is 0 Å². The van der Waals surface area contributed by atoms with E-state index in [4.69, 9.17) is 4.74 Å². The zero-order valence-corrected chi connectivity index (χ0v) is 13.6. The number of H-pyrrole nitrogens is 1. The molecule has 0 atom stereocenters. The number of aromatic amines is 1. The van der Waals surface area contributed by atoms with Gasteiger partial charge >= 0.3 is 0 Å². The Bertz CT molecular complexity index is 525. The molecule has 0 saturated heterocycles. The summed E-state index contributed by atoms with van der Waals surface area (Å²) in [7, 11) is 1.71. The topological polar surface area (TPSA) is 67.0 Å². The van der Waals surface area contributed by atoms with Crippen LogP contribution in [0.4, 0.5) is 0 Å². The fourth-order valence-corrected chi connectivity index (χ4v) is 2.83. The van der Waals surface area contributed by atoms with Gasteiger partial charge in [-0.3, -0.25) is 4.79 Å². The normalized spacial score (nSPS) is 18.7. The first-order valence-electron chi connectivity index (χ1n) is 7.76. The lowest BCUT2D eigenvalue weighted by Gasteiger charge is -2.35. The second-order valence-corrected chi connectivity index (χ2v) is 6.95. The quantitative estimate of drug-likeness (QED) is 0.895. The molecule has 1 aliphatic rings. The molecular formula is C16H27N3O2. The highest BCUT2D eigenvalue weighted by molar-refractivity contribution is 5.10. The molecule has 118 valence electrons. The van der Waals surface area contributed by atoms with E-state index in [1.165, 1.54) is 6.42 Å². The largest absolute Gasteiger partial charge is 0.370 e. The number of rotatable bonds is 4. The van der Waals surface area contributed by atoms with Gasteiger partial charge in [-0.1, -0.05) is 19.3 Å². The number of nitrogens with zero attached hydrogens (tertiary/aromatic N) is 1. The summed E-state index contributed by atoms with van der Waals surface area (Å²) in [6, 6.07) is 1.56. The third-order valence-corrected chi connectivity index (χ3v) is 4.08. The second-order valence-electron chi connectivity index (χ2n) is 6.95. The number of hydrogen-bond acceptors (Lipinski definition) is 4. The molecule has 5 heteroatoms. The number of aromatic nitrogens is 2. The molecule has 21 heavy (non-hydrogen) atoms. The van der Waals surface area contributed by atoms with Crippen molar-refractivity contribution in [1.82, 2.24) is 15.3 Å². The molecule has 0 amide bonds. The molecule has 2 N–H and O–H groups in total. The average molecular weight is 293 g/mol. The average Bonchev–Trinajstić information content (AvgIpc) is 2.44. The summed E-state index contributed by atoms with van der Waals surface area (Å²) in [6.45, 7) is 6.87. The van der Waals surface area contributed by atoms with E-state index >= 15 is 0 Å². The summed E-state index contributed by atoms with van der Waals surface area (Å²) in [5, 5.41) is 3.37. The molecule has 5 nitrogen and oxygen atoms in total. The minimum atomic E-state index is -0.421. The highest BCUT2D eigenvalue weighted by Gasteiger charge is 2.36. The maximum atomic E-state index is 12.0. The number of methoxy groups -OCH3 is 1. The van der Waals surface area contributed by atoms with Crippen molar-refractivity contribution in [1.29, 1.82) is 0 Å². The minimum absolute atomic E-state index is 0.00573. The van der Waals surface area contributed by atoms with Gasteiger partial charge in [-0.25, -0.2) is 4.98 Å². The summed E-state index contributed by atoms with van der Waals surface area (Å²) in [6.07, 6.45) is 5.29. The second kappa shape index (κ2) is 6.28. The molecule has 0 spiro atoms. The van der Waals surface area contributed by atoms with Crippen molar-refractivity contribution < 1.29 is 4.74 Å². The minimum Gasteiger partial charge on any atom is -0.370 e. The summed E-state index contributed by atoms with van der Waals surface area (Å²) < 4.78 is 5.77. The van der Waals surface area contributed by atoms with Crippen molar-refractivity contribution in [3.8, 4) is 0 Å². The fraction of sp³-hybridized carbons (Fsp3) is 0.750. The lowest BCUT2D eigenvalue weighted by Crippen LogP contribution is -2.38. The van der Waals surface area contributed by atoms with Gasteiger partial charge in [-0.05, 0) is 33.6 Å². The van der Waals surface area contributed by atoms with Gasteiger partial charge in [0.2, 0.25) is 0 Å². The lowest BCUT2D eigenvalue weighted by molar-refractivity contribution is -0.0518. The predicted molar refractivity (Wildman–Crippen MR) is 83.2 cm³/mol. The Labute approximate surface area is 126 Å². The molecule has 2 rings (SSSR count). The van der Waals surface area contributed by atoms with E-state index in [9.17, 15) is 4.79 Å². The van der Waals surface area contributed by atoms with E-state index in [-0.39, 0.29) is 11.1 Å². The zero-order valence-electron chi connectivity index (χ0n) is 13.6. The fourth-order valence-electron chi connectivity index (χ4n) is 2.83. The van der Waals surface area contributed by atoms with Crippen LogP contribution in [0.5, 0.6) is 0 Å². The molecule has 0 radical (unpaired) electrons. The number of hydrogen-bond donors (Lipinski definition) is 2. The Hall–Kier alpha value is -1.20. The molecule has 1 aromatic heterocycles. The standard InChI is InChI=1S/C16H27N3O2/c1-15(2,3)17-11-12-10-13(20)19-14(18-12)16(21-4)8-6-5-7-9-16/h10,17H,5-9,11H2,1-4H3,(H,18,19,20).